The summed E-state index contributed by atoms with van der Waals surface area (Å²) < 4.78 is 21.6. The summed E-state index contributed by atoms with van der Waals surface area (Å²) in [6, 6.07) is 7.63. The van der Waals surface area contributed by atoms with Gasteiger partial charge in [0.15, 0.2) is 0 Å². The van der Waals surface area contributed by atoms with Gasteiger partial charge in [-0.15, -0.1) is 0 Å². The highest BCUT2D eigenvalue weighted by atomic mass is 32.2. The number of carbonyl (C=O) groups is 1. The molecule has 0 saturated carbocycles. The van der Waals surface area contributed by atoms with Crippen LogP contribution in [0.5, 0.6) is 0 Å². The minimum atomic E-state index is -3.54. The molecule has 6 nitrogen and oxygen atoms in total. The van der Waals surface area contributed by atoms with E-state index < -0.39 is 10.0 Å². The van der Waals surface area contributed by atoms with Crippen molar-refractivity contribution in [3.63, 3.8) is 0 Å². The van der Waals surface area contributed by atoms with Gasteiger partial charge in [0.25, 0.3) is 0 Å². The number of primary sulfonamides is 1. The van der Waals surface area contributed by atoms with Crippen LogP contribution >= 0.6 is 0 Å². The maximum absolute atomic E-state index is 12.1. The fraction of sp³-hybridized carbons (Fsp3) is 0.417. The van der Waals surface area contributed by atoms with E-state index in [-0.39, 0.29) is 24.1 Å². The van der Waals surface area contributed by atoms with E-state index in [1.165, 1.54) is 0 Å². The zero-order valence-corrected chi connectivity index (χ0v) is 11.2. The van der Waals surface area contributed by atoms with Crippen LogP contribution in [0.1, 0.15) is 17.9 Å². The van der Waals surface area contributed by atoms with Crippen LogP contribution in [0.2, 0.25) is 0 Å². The molecule has 0 radical (unpaired) electrons. The van der Waals surface area contributed by atoms with Crippen LogP contribution in [0.15, 0.2) is 24.3 Å². The molecule has 1 aliphatic heterocycles. The molecule has 0 saturated heterocycles. The van der Waals surface area contributed by atoms with Crippen LogP contribution in [0.25, 0.3) is 0 Å². The van der Waals surface area contributed by atoms with Gasteiger partial charge in [0.2, 0.25) is 15.9 Å². The molecular formula is C12H17N3O3S. The van der Waals surface area contributed by atoms with Gasteiger partial charge in [-0.2, -0.15) is 0 Å². The Balaban J connectivity index is 2.01. The summed E-state index contributed by atoms with van der Waals surface area (Å²) in [5.74, 6) is -0.638. The van der Waals surface area contributed by atoms with Crippen molar-refractivity contribution in [2.75, 3.05) is 24.2 Å². The van der Waals surface area contributed by atoms with E-state index >= 15 is 0 Å². The third-order valence-electron chi connectivity index (χ3n) is 3.09. The molecule has 2 rings (SSSR count). The van der Waals surface area contributed by atoms with E-state index in [4.69, 9.17) is 5.14 Å². The number of para-hydroxylation sites is 1. The Morgan fingerprint density at radius 1 is 1.42 bits per heavy atom. The van der Waals surface area contributed by atoms with Crippen LogP contribution in [-0.4, -0.2) is 33.2 Å². The lowest BCUT2D eigenvalue weighted by atomic mass is 9.90. The first-order valence-corrected chi connectivity index (χ1v) is 7.80. The number of rotatable bonds is 4. The summed E-state index contributed by atoms with van der Waals surface area (Å²) in [7, 11) is -3.54. The molecule has 1 aromatic carbocycles. The van der Waals surface area contributed by atoms with Crippen molar-refractivity contribution in [1.29, 1.82) is 0 Å². The van der Waals surface area contributed by atoms with E-state index in [0.29, 0.717) is 6.42 Å². The molecule has 104 valence electrons. The first-order valence-electron chi connectivity index (χ1n) is 6.08. The van der Waals surface area contributed by atoms with Crippen LogP contribution in [0, 0.1) is 0 Å². The van der Waals surface area contributed by atoms with Gasteiger partial charge in [-0.3, -0.25) is 4.79 Å². The molecule has 4 N–H and O–H groups in total. The largest absolute Gasteiger partial charge is 0.385 e. The summed E-state index contributed by atoms with van der Waals surface area (Å²) >= 11 is 0. The highest BCUT2D eigenvalue weighted by molar-refractivity contribution is 7.89. The summed E-state index contributed by atoms with van der Waals surface area (Å²) in [5.41, 5.74) is 1.90. The summed E-state index contributed by atoms with van der Waals surface area (Å²) in [4.78, 5) is 12.1. The fourth-order valence-corrected chi connectivity index (χ4v) is 2.57. The molecule has 0 spiro atoms. The van der Waals surface area contributed by atoms with Gasteiger partial charge in [0, 0.05) is 18.8 Å². The lowest BCUT2D eigenvalue weighted by Gasteiger charge is -2.25. The van der Waals surface area contributed by atoms with Crippen molar-refractivity contribution in [1.82, 2.24) is 5.32 Å². The number of sulfonamides is 1. The summed E-state index contributed by atoms with van der Waals surface area (Å²) in [5, 5.41) is 10.7. The molecule has 0 fully saturated rings. The number of nitrogens with one attached hydrogen (secondary N) is 2. The van der Waals surface area contributed by atoms with Crippen molar-refractivity contribution in [2.24, 2.45) is 5.14 Å². The molecule has 7 heteroatoms. The van der Waals surface area contributed by atoms with Crippen molar-refractivity contribution in [3.8, 4) is 0 Å². The normalized spacial score (nSPS) is 18.3. The zero-order valence-electron chi connectivity index (χ0n) is 10.4. The number of hydrogen-bond acceptors (Lipinski definition) is 4. The summed E-state index contributed by atoms with van der Waals surface area (Å²) in [6.07, 6.45) is 0.693. The maximum atomic E-state index is 12.1. The van der Waals surface area contributed by atoms with E-state index in [9.17, 15) is 13.2 Å². The molecule has 1 heterocycles. The van der Waals surface area contributed by atoms with Crippen LogP contribution in [0.4, 0.5) is 5.69 Å². The quantitative estimate of drug-likeness (QED) is 0.723. The van der Waals surface area contributed by atoms with Gasteiger partial charge in [0.05, 0.1) is 11.7 Å². The molecular weight excluding hydrogens is 266 g/mol. The third kappa shape index (κ3) is 3.68. The number of benzene rings is 1. The predicted octanol–water partition coefficient (Wildman–Crippen LogP) is -0.00950. The molecule has 0 aliphatic carbocycles. The van der Waals surface area contributed by atoms with Gasteiger partial charge >= 0.3 is 0 Å². The van der Waals surface area contributed by atoms with Gasteiger partial charge in [-0.1, -0.05) is 18.2 Å². The number of carbonyl (C=O) groups excluding carboxylic acids is 1. The topological polar surface area (TPSA) is 101 Å². The highest BCUT2D eigenvalue weighted by Gasteiger charge is 2.25. The average Bonchev–Trinajstić information content (AvgIpc) is 2.36. The van der Waals surface area contributed by atoms with Crippen LogP contribution in [0.3, 0.4) is 0 Å². The lowest BCUT2D eigenvalue weighted by Crippen LogP contribution is -2.36. The standard InChI is InChI=1S/C12H17N3O3S/c13-19(17,18)8-7-15-12(16)10-5-6-14-11-4-2-1-3-9(10)11/h1-4,10,14H,5-8H2,(H,15,16)(H2,13,17,18). The van der Waals surface area contributed by atoms with Crippen molar-refractivity contribution in [3.05, 3.63) is 29.8 Å². The predicted molar refractivity (Wildman–Crippen MR) is 73.3 cm³/mol. The Morgan fingerprint density at radius 2 is 2.16 bits per heavy atom. The Labute approximate surface area is 112 Å². The second-order valence-electron chi connectivity index (χ2n) is 4.51. The Morgan fingerprint density at radius 3 is 2.89 bits per heavy atom. The maximum Gasteiger partial charge on any atom is 0.227 e. The minimum Gasteiger partial charge on any atom is -0.385 e. The minimum absolute atomic E-state index is 0.0454. The van der Waals surface area contributed by atoms with Gasteiger partial charge in [-0.25, -0.2) is 13.6 Å². The summed E-state index contributed by atoms with van der Waals surface area (Å²) in [6.45, 7) is 0.772. The molecule has 1 unspecified atom stereocenters. The van der Waals surface area contributed by atoms with Crippen molar-refractivity contribution >= 4 is 21.6 Å². The number of hydrogen-bond donors (Lipinski definition) is 3. The van der Waals surface area contributed by atoms with Gasteiger partial charge in [-0.05, 0) is 18.1 Å². The number of fused-ring (bicyclic) bond motifs is 1. The monoisotopic (exact) mass is 283 g/mol. The van der Waals surface area contributed by atoms with Crippen molar-refractivity contribution in [2.45, 2.75) is 12.3 Å². The third-order valence-corrected chi connectivity index (χ3v) is 3.86. The fourth-order valence-electron chi connectivity index (χ4n) is 2.18. The first-order chi connectivity index (χ1) is 8.97. The SMILES string of the molecule is NS(=O)(=O)CCNC(=O)C1CCNc2ccccc21. The number of anilines is 1. The van der Waals surface area contributed by atoms with E-state index in [1.807, 2.05) is 24.3 Å². The molecule has 0 bridgehead atoms. The van der Waals surface area contributed by atoms with Gasteiger partial charge < -0.3 is 10.6 Å². The van der Waals surface area contributed by atoms with Crippen LogP contribution < -0.4 is 15.8 Å². The Kier molecular flexibility index (Phi) is 4.06. The second-order valence-corrected chi connectivity index (χ2v) is 6.25. The number of nitrogens with two attached hydrogens (primary N) is 1. The smallest absolute Gasteiger partial charge is 0.227 e. The molecule has 19 heavy (non-hydrogen) atoms. The van der Waals surface area contributed by atoms with E-state index in [1.54, 1.807) is 0 Å². The average molecular weight is 283 g/mol. The highest BCUT2D eigenvalue weighted by Crippen LogP contribution is 2.31. The molecule has 1 aromatic rings. The van der Waals surface area contributed by atoms with E-state index in [0.717, 1.165) is 17.8 Å². The lowest BCUT2D eigenvalue weighted by molar-refractivity contribution is -0.122. The molecule has 1 aliphatic rings. The second kappa shape index (κ2) is 5.58. The Bertz CT molecular complexity index is 571. The molecule has 1 amide bonds. The molecule has 1 atom stereocenters. The first kappa shape index (κ1) is 13.8. The molecule has 0 aromatic heterocycles. The number of amides is 1. The van der Waals surface area contributed by atoms with Crippen molar-refractivity contribution < 1.29 is 13.2 Å². The Hall–Kier alpha value is -1.60. The zero-order chi connectivity index (χ0) is 13.9. The van der Waals surface area contributed by atoms with Gasteiger partial charge in [0.1, 0.15) is 0 Å². The van der Waals surface area contributed by atoms with E-state index in [2.05, 4.69) is 10.6 Å². The van der Waals surface area contributed by atoms with Crippen LogP contribution in [-0.2, 0) is 14.8 Å².